The fourth-order valence-corrected chi connectivity index (χ4v) is 3.87. The molecule has 0 bridgehead atoms. The van der Waals surface area contributed by atoms with Gasteiger partial charge in [-0.25, -0.2) is 4.39 Å². The van der Waals surface area contributed by atoms with Gasteiger partial charge in [0.25, 0.3) is 0 Å². The summed E-state index contributed by atoms with van der Waals surface area (Å²) < 4.78 is 24.9. The molecule has 1 aliphatic carbocycles. The van der Waals surface area contributed by atoms with Crippen LogP contribution in [0, 0.1) is 17.2 Å². The molecule has 1 aliphatic heterocycles. The second-order valence-corrected chi connectivity index (χ2v) is 6.61. The Bertz CT molecular complexity index is 518. The van der Waals surface area contributed by atoms with Crippen LogP contribution in [0.15, 0.2) is 18.2 Å². The quantitative estimate of drug-likeness (QED) is 0.915. The molecule has 2 aliphatic rings. The molecule has 4 heteroatoms. The Labute approximate surface area is 125 Å². The van der Waals surface area contributed by atoms with Gasteiger partial charge in [-0.05, 0) is 31.9 Å². The predicted octanol–water partition coefficient (Wildman–Crippen LogP) is 3.84. The van der Waals surface area contributed by atoms with Crippen LogP contribution in [0.1, 0.15) is 33.6 Å². The van der Waals surface area contributed by atoms with Gasteiger partial charge in [0.05, 0.1) is 18.4 Å². The molecule has 3 rings (SSSR count). The van der Waals surface area contributed by atoms with Crippen LogP contribution >= 0.6 is 0 Å². The van der Waals surface area contributed by atoms with Gasteiger partial charge in [0.15, 0.2) is 0 Å². The van der Waals surface area contributed by atoms with E-state index in [1.807, 2.05) is 6.92 Å². The highest BCUT2D eigenvalue weighted by Gasteiger charge is 2.58. The van der Waals surface area contributed by atoms with Crippen molar-refractivity contribution in [1.29, 1.82) is 0 Å². The van der Waals surface area contributed by atoms with Gasteiger partial charge >= 0.3 is 0 Å². The Balaban J connectivity index is 1.80. The maximum Gasteiger partial charge on any atom is 0.145 e. The normalized spacial score (nSPS) is 30.2. The standard InChI is InChI=1S/C17H24FNO2/c1-4-20-14-10-11(18)7-8-13(14)19-15-12-6-5-9-21-16(12)17(15,2)3/h7-8,10,12,15-16,19H,4-6,9H2,1-3H3. The van der Waals surface area contributed by atoms with Crippen molar-refractivity contribution in [2.24, 2.45) is 11.3 Å². The number of benzene rings is 1. The molecule has 2 fully saturated rings. The summed E-state index contributed by atoms with van der Waals surface area (Å²) in [5.41, 5.74) is 0.962. The Morgan fingerprint density at radius 3 is 3.00 bits per heavy atom. The highest BCUT2D eigenvalue weighted by atomic mass is 19.1. The van der Waals surface area contributed by atoms with Crippen molar-refractivity contribution in [3.63, 3.8) is 0 Å². The first-order chi connectivity index (χ1) is 10.0. The zero-order valence-electron chi connectivity index (χ0n) is 13.0. The predicted molar refractivity (Wildman–Crippen MR) is 81.2 cm³/mol. The average molecular weight is 293 g/mol. The second-order valence-electron chi connectivity index (χ2n) is 6.61. The molecule has 0 amide bonds. The Morgan fingerprint density at radius 2 is 2.24 bits per heavy atom. The van der Waals surface area contributed by atoms with E-state index in [1.54, 1.807) is 6.07 Å². The third-order valence-electron chi connectivity index (χ3n) is 4.89. The molecule has 0 radical (unpaired) electrons. The van der Waals surface area contributed by atoms with Gasteiger partial charge in [-0.3, -0.25) is 0 Å². The van der Waals surface area contributed by atoms with E-state index in [9.17, 15) is 4.39 Å². The Morgan fingerprint density at radius 1 is 1.43 bits per heavy atom. The molecule has 1 N–H and O–H groups in total. The first-order valence-corrected chi connectivity index (χ1v) is 7.84. The number of fused-ring (bicyclic) bond motifs is 1. The van der Waals surface area contributed by atoms with Gasteiger partial charge in [-0.1, -0.05) is 13.8 Å². The van der Waals surface area contributed by atoms with E-state index in [0.29, 0.717) is 30.4 Å². The minimum absolute atomic E-state index is 0.0863. The topological polar surface area (TPSA) is 30.5 Å². The van der Waals surface area contributed by atoms with E-state index in [0.717, 1.165) is 18.7 Å². The third kappa shape index (κ3) is 2.50. The van der Waals surface area contributed by atoms with E-state index in [4.69, 9.17) is 9.47 Å². The van der Waals surface area contributed by atoms with Crippen molar-refractivity contribution in [2.75, 3.05) is 18.5 Å². The average Bonchev–Trinajstić information content (AvgIpc) is 2.46. The first-order valence-electron chi connectivity index (χ1n) is 7.84. The summed E-state index contributed by atoms with van der Waals surface area (Å²) >= 11 is 0. The number of ether oxygens (including phenoxy) is 2. The van der Waals surface area contributed by atoms with Crippen molar-refractivity contribution >= 4 is 5.69 Å². The lowest BCUT2D eigenvalue weighted by Gasteiger charge is -2.60. The van der Waals surface area contributed by atoms with Crippen molar-refractivity contribution in [1.82, 2.24) is 0 Å². The van der Waals surface area contributed by atoms with Crippen LogP contribution in [0.2, 0.25) is 0 Å². The first kappa shape index (κ1) is 14.6. The van der Waals surface area contributed by atoms with Gasteiger partial charge in [0.1, 0.15) is 11.6 Å². The SMILES string of the molecule is CCOc1cc(F)ccc1NC1C2CCCOC2C1(C)C. The largest absolute Gasteiger partial charge is 0.492 e. The molecular formula is C17H24FNO2. The molecule has 116 valence electrons. The summed E-state index contributed by atoms with van der Waals surface area (Å²) in [5, 5.41) is 3.58. The van der Waals surface area contributed by atoms with E-state index >= 15 is 0 Å². The van der Waals surface area contributed by atoms with Crippen LogP contribution in [0.25, 0.3) is 0 Å². The Hall–Kier alpha value is -1.29. The molecule has 1 aromatic rings. The molecule has 3 nitrogen and oxygen atoms in total. The van der Waals surface area contributed by atoms with Gasteiger partial charge in [-0.15, -0.1) is 0 Å². The molecule has 1 heterocycles. The molecule has 1 saturated carbocycles. The lowest BCUT2D eigenvalue weighted by atomic mass is 9.55. The zero-order chi connectivity index (χ0) is 15.0. The summed E-state index contributed by atoms with van der Waals surface area (Å²) in [6, 6.07) is 5.04. The summed E-state index contributed by atoms with van der Waals surface area (Å²) in [6.07, 6.45) is 2.65. The van der Waals surface area contributed by atoms with Crippen LogP contribution < -0.4 is 10.1 Å². The van der Waals surface area contributed by atoms with Crippen molar-refractivity contribution in [3.05, 3.63) is 24.0 Å². The molecule has 21 heavy (non-hydrogen) atoms. The highest BCUT2D eigenvalue weighted by Crippen LogP contribution is 2.52. The van der Waals surface area contributed by atoms with Gasteiger partial charge in [0.2, 0.25) is 0 Å². The van der Waals surface area contributed by atoms with Gasteiger partial charge < -0.3 is 14.8 Å². The van der Waals surface area contributed by atoms with Crippen LogP contribution in [0.4, 0.5) is 10.1 Å². The molecule has 0 aromatic heterocycles. The number of halogens is 1. The molecule has 1 saturated heterocycles. The minimum atomic E-state index is -0.268. The second kappa shape index (κ2) is 5.48. The Kier molecular flexibility index (Phi) is 3.82. The lowest BCUT2D eigenvalue weighted by molar-refractivity contribution is -0.177. The summed E-state index contributed by atoms with van der Waals surface area (Å²) in [5.74, 6) is 0.859. The van der Waals surface area contributed by atoms with Crippen LogP contribution in [-0.2, 0) is 4.74 Å². The van der Waals surface area contributed by atoms with Crippen LogP contribution in [-0.4, -0.2) is 25.4 Å². The molecule has 3 unspecified atom stereocenters. The number of anilines is 1. The number of hydrogen-bond acceptors (Lipinski definition) is 3. The van der Waals surface area contributed by atoms with E-state index in [-0.39, 0.29) is 11.2 Å². The molecule has 1 aromatic carbocycles. The molecular weight excluding hydrogens is 269 g/mol. The van der Waals surface area contributed by atoms with Crippen molar-refractivity contribution in [2.45, 2.75) is 45.8 Å². The number of hydrogen-bond donors (Lipinski definition) is 1. The van der Waals surface area contributed by atoms with Crippen LogP contribution in [0.5, 0.6) is 5.75 Å². The fraction of sp³-hybridized carbons (Fsp3) is 0.647. The van der Waals surface area contributed by atoms with Gasteiger partial charge in [-0.2, -0.15) is 0 Å². The summed E-state index contributed by atoms with van der Waals surface area (Å²) in [6.45, 7) is 7.79. The third-order valence-corrected chi connectivity index (χ3v) is 4.89. The van der Waals surface area contributed by atoms with Gasteiger partial charge in [0, 0.05) is 30.0 Å². The molecule has 3 atom stereocenters. The number of nitrogens with one attached hydrogen (secondary N) is 1. The fourth-order valence-electron chi connectivity index (χ4n) is 3.87. The maximum absolute atomic E-state index is 13.4. The van der Waals surface area contributed by atoms with E-state index in [2.05, 4.69) is 19.2 Å². The highest BCUT2D eigenvalue weighted by molar-refractivity contribution is 5.58. The summed E-state index contributed by atoms with van der Waals surface area (Å²) in [7, 11) is 0. The monoisotopic (exact) mass is 293 g/mol. The smallest absolute Gasteiger partial charge is 0.145 e. The minimum Gasteiger partial charge on any atom is -0.492 e. The van der Waals surface area contributed by atoms with Crippen LogP contribution in [0.3, 0.4) is 0 Å². The van der Waals surface area contributed by atoms with E-state index < -0.39 is 0 Å². The van der Waals surface area contributed by atoms with Crippen molar-refractivity contribution < 1.29 is 13.9 Å². The zero-order valence-corrected chi connectivity index (χ0v) is 13.0. The number of rotatable bonds is 4. The molecule has 0 spiro atoms. The summed E-state index contributed by atoms with van der Waals surface area (Å²) in [4.78, 5) is 0. The van der Waals surface area contributed by atoms with E-state index in [1.165, 1.54) is 18.6 Å². The van der Waals surface area contributed by atoms with Crippen molar-refractivity contribution in [3.8, 4) is 5.75 Å². The lowest BCUT2D eigenvalue weighted by Crippen LogP contribution is -2.67. The maximum atomic E-state index is 13.4.